The molecule has 0 aliphatic carbocycles. The van der Waals surface area contributed by atoms with E-state index >= 15 is 0 Å². The van der Waals surface area contributed by atoms with Gasteiger partial charge in [0.15, 0.2) is 6.10 Å². The van der Waals surface area contributed by atoms with Gasteiger partial charge >= 0.3 is 19.8 Å². The SMILES string of the molecule is CC/C=C\C/C=C\C/C=C\CCCCCCCCCC(=O)OC(COC(C)=O)COP(=O)(O)OCCN. The first-order valence-electron chi connectivity index (χ1n) is 13.4. The highest BCUT2D eigenvalue weighted by Gasteiger charge is 2.25. The highest BCUT2D eigenvalue weighted by molar-refractivity contribution is 7.47. The van der Waals surface area contributed by atoms with Crippen LogP contribution in [0.15, 0.2) is 36.5 Å². The molecule has 0 heterocycles. The van der Waals surface area contributed by atoms with Crippen LogP contribution in [0.1, 0.15) is 90.9 Å². The Morgan fingerprint density at radius 1 is 0.865 bits per heavy atom. The summed E-state index contributed by atoms with van der Waals surface area (Å²) in [5.41, 5.74) is 5.23. The van der Waals surface area contributed by atoms with Crippen LogP contribution in [-0.4, -0.2) is 49.3 Å². The van der Waals surface area contributed by atoms with Crippen LogP contribution in [0.2, 0.25) is 0 Å². The largest absolute Gasteiger partial charge is 0.472 e. The lowest BCUT2D eigenvalue weighted by atomic mass is 10.1. The van der Waals surface area contributed by atoms with Crippen molar-refractivity contribution in [1.29, 1.82) is 0 Å². The number of allylic oxidation sites excluding steroid dienone is 6. The van der Waals surface area contributed by atoms with Crippen molar-refractivity contribution < 1.29 is 37.6 Å². The second kappa shape index (κ2) is 24.6. The van der Waals surface area contributed by atoms with Gasteiger partial charge in [0, 0.05) is 19.9 Å². The van der Waals surface area contributed by atoms with Gasteiger partial charge in [-0.15, -0.1) is 0 Å². The first-order valence-corrected chi connectivity index (χ1v) is 14.9. The number of hydrogen-bond donors (Lipinski definition) is 2. The third-order valence-electron chi connectivity index (χ3n) is 5.10. The molecule has 37 heavy (non-hydrogen) atoms. The molecule has 0 rings (SSSR count). The minimum absolute atomic E-state index is 0.0485. The number of carbonyl (C=O) groups is 2. The second-order valence-electron chi connectivity index (χ2n) is 8.61. The number of carbonyl (C=O) groups excluding carboxylic acids is 2. The maximum absolute atomic E-state index is 12.1. The molecule has 0 radical (unpaired) electrons. The highest BCUT2D eigenvalue weighted by Crippen LogP contribution is 2.43. The molecule has 0 saturated heterocycles. The quantitative estimate of drug-likeness (QED) is 0.0655. The van der Waals surface area contributed by atoms with Crippen LogP contribution >= 0.6 is 7.82 Å². The van der Waals surface area contributed by atoms with E-state index in [0.29, 0.717) is 6.42 Å². The maximum Gasteiger partial charge on any atom is 0.472 e. The van der Waals surface area contributed by atoms with E-state index in [4.69, 9.17) is 19.7 Å². The summed E-state index contributed by atoms with van der Waals surface area (Å²) < 4.78 is 31.3. The van der Waals surface area contributed by atoms with Gasteiger partial charge in [-0.3, -0.25) is 18.6 Å². The summed E-state index contributed by atoms with van der Waals surface area (Å²) in [4.78, 5) is 32.8. The van der Waals surface area contributed by atoms with Crippen LogP contribution in [0.3, 0.4) is 0 Å². The van der Waals surface area contributed by atoms with Crippen LogP contribution in [0, 0.1) is 0 Å². The van der Waals surface area contributed by atoms with Crippen molar-refractivity contribution >= 4 is 19.8 Å². The summed E-state index contributed by atoms with van der Waals surface area (Å²) in [5, 5.41) is 0. The van der Waals surface area contributed by atoms with E-state index in [9.17, 15) is 19.0 Å². The molecule has 10 heteroatoms. The molecule has 0 amide bonds. The number of phosphoric acid groups is 1. The molecule has 0 saturated carbocycles. The van der Waals surface area contributed by atoms with Gasteiger partial charge in [0.05, 0.1) is 13.2 Å². The third-order valence-corrected chi connectivity index (χ3v) is 6.08. The lowest BCUT2D eigenvalue weighted by molar-refractivity contribution is -0.160. The second-order valence-corrected chi connectivity index (χ2v) is 10.1. The Morgan fingerprint density at radius 3 is 2.08 bits per heavy atom. The zero-order valence-corrected chi connectivity index (χ0v) is 23.6. The standard InChI is InChI=1S/C27H48NO8P/c1-3-4-5-6-7-8-9-10-11-12-13-14-15-16-17-18-19-20-27(30)36-26(23-33-25(2)29)24-35-37(31,32)34-22-21-28/h4-5,7-8,10-11,26H,3,6,9,12-24,28H2,1-2H3,(H,31,32)/b5-4-,8-7-,11-10-. The number of ether oxygens (including phenoxy) is 2. The minimum Gasteiger partial charge on any atom is -0.462 e. The molecule has 0 fully saturated rings. The van der Waals surface area contributed by atoms with Crippen molar-refractivity contribution in [1.82, 2.24) is 0 Å². The van der Waals surface area contributed by atoms with E-state index in [-0.39, 0.29) is 26.2 Å². The number of phosphoric ester groups is 1. The molecule has 0 aliphatic heterocycles. The summed E-state index contributed by atoms with van der Waals surface area (Å²) in [6.07, 6.45) is 24.0. The Kier molecular flexibility index (Phi) is 23.4. The number of unbranched alkanes of at least 4 members (excludes halogenated alkanes) is 7. The van der Waals surface area contributed by atoms with E-state index in [1.165, 1.54) is 26.2 Å². The van der Waals surface area contributed by atoms with E-state index in [0.717, 1.165) is 44.9 Å². The third kappa shape index (κ3) is 25.7. The lowest BCUT2D eigenvalue weighted by Crippen LogP contribution is -2.29. The predicted octanol–water partition coefficient (Wildman–Crippen LogP) is 5.92. The lowest BCUT2D eigenvalue weighted by Gasteiger charge is -2.19. The van der Waals surface area contributed by atoms with Crippen LogP contribution in [0.25, 0.3) is 0 Å². The topological polar surface area (TPSA) is 134 Å². The van der Waals surface area contributed by atoms with E-state index in [1.54, 1.807) is 0 Å². The Morgan fingerprint density at radius 2 is 1.46 bits per heavy atom. The average Bonchev–Trinajstić information content (AvgIpc) is 2.86. The van der Waals surface area contributed by atoms with Gasteiger partial charge in [-0.05, 0) is 38.5 Å². The molecular formula is C27H48NO8P. The molecule has 0 aromatic carbocycles. The monoisotopic (exact) mass is 545 g/mol. The van der Waals surface area contributed by atoms with Crippen molar-refractivity contribution in [3.63, 3.8) is 0 Å². The maximum atomic E-state index is 12.1. The van der Waals surface area contributed by atoms with Gasteiger partial charge < -0.3 is 20.1 Å². The zero-order chi connectivity index (χ0) is 27.6. The Balaban J connectivity index is 3.91. The molecular weight excluding hydrogens is 497 g/mol. The smallest absolute Gasteiger partial charge is 0.462 e. The normalized spacial score (nSPS) is 14.4. The van der Waals surface area contributed by atoms with Crippen molar-refractivity contribution in [2.75, 3.05) is 26.4 Å². The van der Waals surface area contributed by atoms with E-state index in [1.807, 2.05) is 0 Å². The van der Waals surface area contributed by atoms with E-state index < -0.39 is 32.5 Å². The van der Waals surface area contributed by atoms with Crippen LogP contribution in [0.4, 0.5) is 0 Å². The summed E-state index contributed by atoms with van der Waals surface area (Å²) in [6.45, 7) is 2.52. The molecule has 3 N–H and O–H groups in total. The number of hydrogen-bond acceptors (Lipinski definition) is 8. The predicted molar refractivity (Wildman–Crippen MR) is 146 cm³/mol. The summed E-state index contributed by atoms with van der Waals surface area (Å²) in [6, 6.07) is 0. The highest BCUT2D eigenvalue weighted by atomic mass is 31.2. The number of rotatable bonds is 24. The molecule has 0 aliphatic rings. The van der Waals surface area contributed by atoms with Gasteiger partial charge in [-0.2, -0.15) is 0 Å². The number of esters is 2. The van der Waals surface area contributed by atoms with Crippen LogP contribution in [0.5, 0.6) is 0 Å². The van der Waals surface area contributed by atoms with Crippen molar-refractivity contribution in [3.05, 3.63) is 36.5 Å². The van der Waals surface area contributed by atoms with Gasteiger partial charge in [0.1, 0.15) is 6.61 Å². The van der Waals surface area contributed by atoms with Gasteiger partial charge in [0.2, 0.25) is 0 Å². The van der Waals surface area contributed by atoms with Crippen LogP contribution < -0.4 is 5.73 Å². The van der Waals surface area contributed by atoms with E-state index in [2.05, 4.69) is 47.9 Å². The fourth-order valence-corrected chi connectivity index (χ4v) is 3.96. The zero-order valence-electron chi connectivity index (χ0n) is 22.7. The summed E-state index contributed by atoms with van der Waals surface area (Å²) in [7, 11) is -4.33. The summed E-state index contributed by atoms with van der Waals surface area (Å²) >= 11 is 0. The van der Waals surface area contributed by atoms with Crippen LogP contribution in [-0.2, 0) is 32.7 Å². The Bertz CT molecular complexity index is 723. The number of nitrogens with two attached hydrogens (primary N) is 1. The minimum atomic E-state index is -4.33. The molecule has 0 bridgehead atoms. The molecule has 2 atom stereocenters. The Labute approximate surface area is 223 Å². The fraction of sp³-hybridized carbons (Fsp3) is 0.704. The molecule has 2 unspecified atom stereocenters. The first-order chi connectivity index (χ1) is 17.8. The van der Waals surface area contributed by atoms with Gasteiger partial charge in [0.25, 0.3) is 0 Å². The summed E-state index contributed by atoms with van der Waals surface area (Å²) in [5.74, 6) is -1.04. The van der Waals surface area contributed by atoms with Crippen molar-refractivity contribution in [2.45, 2.75) is 97.0 Å². The first kappa shape index (κ1) is 35.2. The van der Waals surface area contributed by atoms with Gasteiger partial charge in [-0.25, -0.2) is 4.57 Å². The van der Waals surface area contributed by atoms with Gasteiger partial charge in [-0.1, -0.05) is 75.5 Å². The van der Waals surface area contributed by atoms with Crippen molar-refractivity contribution in [2.24, 2.45) is 5.73 Å². The molecule has 9 nitrogen and oxygen atoms in total. The van der Waals surface area contributed by atoms with Crippen molar-refractivity contribution in [3.8, 4) is 0 Å². The Hall–Kier alpha value is -1.77. The fourth-order valence-electron chi connectivity index (χ4n) is 3.20. The average molecular weight is 546 g/mol. The molecule has 0 spiro atoms. The molecule has 214 valence electrons. The molecule has 0 aromatic heterocycles. The molecule has 0 aromatic rings.